The molecular formula is C14H22N2O2. The van der Waals surface area contributed by atoms with Gasteiger partial charge in [0.1, 0.15) is 0 Å². The van der Waals surface area contributed by atoms with Crippen LogP contribution in [0.2, 0.25) is 0 Å². The third-order valence-electron chi connectivity index (χ3n) is 3.01. The molecule has 0 spiro atoms. The van der Waals surface area contributed by atoms with Gasteiger partial charge in [-0.05, 0) is 25.8 Å². The minimum atomic E-state index is -0.607. The number of aliphatic hydroxyl groups is 1. The van der Waals surface area contributed by atoms with Crippen LogP contribution in [0.3, 0.4) is 0 Å². The van der Waals surface area contributed by atoms with Crippen molar-refractivity contribution in [3.63, 3.8) is 0 Å². The maximum atomic E-state index is 12.0. The summed E-state index contributed by atoms with van der Waals surface area (Å²) in [4.78, 5) is 12.0. The van der Waals surface area contributed by atoms with Crippen LogP contribution in [-0.2, 0) is 11.2 Å². The first-order valence-corrected chi connectivity index (χ1v) is 6.15. The van der Waals surface area contributed by atoms with E-state index in [0.29, 0.717) is 6.42 Å². The molecule has 0 saturated carbocycles. The molecule has 4 nitrogen and oxygen atoms in total. The summed E-state index contributed by atoms with van der Waals surface area (Å²) in [5, 5.41) is 12.2. The van der Waals surface area contributed by atoms with Gasteiger partial charge in [0.05, 0.1) is 18.1 Å². The Morgan fingerprint density at radius 3 is 2.50 bits per heavy atom. The lowest BCUT2D eigenvalue weighted by molar-refractivity contribution is -0.129. The maximum Gasteiger partial charge on any atom is 0.227 e. The Morgan fingerprint density at radius 1 is 1.39 bits per heavy atom. The third-order valence-corrected chi connectivity index (χ3v) is 3.01. The average Bonchev–Trinajstić information content (AvgIpc) is 2.38. The van der Waals surface area contributed by atoms with Crippen molar-refractivity contribution in [2.75, 3.05) is 13.2 Å². The predicted molar refractivity (Wildman–Crippen MR) is 72.0 cm³/mol. The largest absolute Gasteiger partial charge is 0.394 e. The van der Waals surface area contributed by atoms with E-state index < -0.39 is 5.41 Å². The van der Waals surface area contributed by atoms with Gasteiger partial charge in [-0.25, -0.2) is 0 Å². The predicted octanol–water partition coefficient (Wildman–Crippen LogP) is 0.691. The molecule has 1 atom stereocenters. The number of aliphatic hydroxyl groups excluding tert-OH is 1. The van der Waals surface area contributed by atoms with Gasteiger partial charge in [0, 0.05) is 6.54 Å². The molecule has 1 amide bonds. The van der Waals surface area contributed by atoms with Crippen LogP contribution in [0, 0.1) is 5.41 Å². The number of hydrogen-bond donors (Lipinski definition) is 3. The van der Waals surface area contributed by atoms with Crippen molar-refractivity contribution in [3.8, 4) is 0 Å². The lowest BCUT2D eigenvalue weighted by atomic mass is 9.92. The number of carbonyl (C=O) groups excluding carboxylic acids is 1. The van der Waals surface area contributed by atoms with E-state index in [4.69, 9.17) is 5.73 Å². The van der Waals surface area contributed by atoms with E-state index in [9.17, 15) is 9.90 Å². The van der Waals surface area contributed by atoms with E-state index >= 15 is 0 Å². The average molecular weight is 250 g/mol. The Labute approximate surface area is 108 Å². The normalized spacial score (nSPS) is 13.1. The van der Waals surface area contributed by atoms with Crippen molar-refractivity contribution in [2.45, 2.75) is 26.3 Å². The highest BCUT2D eigenvalue weighted by Crippen LogP contribution is 2.13. The molecule has 1 aromatic rings. The molecule has 0 radical (unpaired) electrons. The van der Waals surface area contributed by atoms with Gasteiger partial charge in [-0.2, -0.15) is 0 Å². The van der Waals surface area contributed by atoms with Crippen LogP contribution in [0.15, 0.2) is 30.3 Å². The molecule has 4 heteroatoms. The number of amides is 1. The first kappa shape index (κ1) is 14.7. The van der Waals surface area contributed by atoms with Gasteiger partial charge in [0.25, 0.3) is 0 Å². The third kappa shape index (κ3) is 4.13. The van der Waals surface area contributed by atoms with Crippen molar-refractivity contribution in [1.82, 2.24) is 5.32 Å². The molecule has 0 aromatic heterocycles. The van der Waals surface area contributed by atoms with E-state index in [1.54, 1.807) is 13.8 Å². The van der Waals surface area contributed by atoms with Gasteiger partial charge in [0.2, 0.25) is 5.91 Å². The molecular weight excluding hydrogens is 228 g/mol. The number of hydrogen-bond acceptors (Lipinski definition) is 3. The quantitative estimate of drug-likeness (QED) is 0.695. The molecule has 1 rings (SSSR count). The highest BCUT2D eigenvalue weighted by molar-refractivity contribution is 5.82. The van der Waals surface area contributed by atoms with E-state index in [1.165, 1.54) is 0 Å². The summed E-state index contributed by atoms with van der Waals surface area (Å²) in [5.74, 6) is -0.125. The number of carbonyl (C=O) groups is 1. The molecule has 0 unspecified atom stereocenters. The van der Waals surface area contributed by atoms with Gasteiger partial charge in [0.15, 0.2) is 0 Å². The van der Waals surface area contributed by atoms with E-state index in [2.05, 4.69) is 5.32 Å². The topological polar surface area (TPSA) is 75.4 Å². The summed E-state index contributed by atoms with van der Waals surface area (Å²) in [6.45, 7) is 3.78. The number of nitrogens with one attached hydrogen (secondary N) is 1. The summed E-state index contributed by atoms with van der Waals surface area (Å²) in [6.07, 6.45) is 0.615. The monoisotopic (exact) mass is 250 g/mol. The summed E-state index contributed by atoms with van der Waals surface area (Å²) in [5.41, 5.74) is 6.03. The molecule has 18 heavy (non-hydrogen) atoms. The second-order valence-corrected chi connectivity index (χ2v) is 5.13. The van der Waals surface area contributed by atoms with Crippen LogP contribution < -0.4 is 11.1 Å². The highest BCUT2D eigenvalue weighted by Gasteiger charge is 2.27. The Balaban J connectivity index is 2.60. The summed E-state index contributed by atoms with van der Waals surface area (Å²) >= 11 is 0. The van der Waals surface area contributed by atoms with E-state index in [-0.39, 0.29) is 25.1 Å². The van der Waals surface area contributed by atoms with Crippen molar-refractivity contribution in [3.05, 3.63) is 35.9 Å². The summed E-state index contributed by atoms with van der Waals surface area (Å²) in [7, 11) is 0. The lowest BCUT2D eigenvalue weighted by Gasteiger charge is -2.25. The van der Waals surface area contributed by atoms with Crippen molar-refractivity contribution in [2.24, 2.45) is 11.1 Å². The molecule has 0 aliphatic carbocycles. The zero-order chi connectivity index (χ0) is 13.6. The van der Waals surface area contributed by atoms with Crippen LogP contribution >= 0.6 is 0 Å². The molecule has 1 aromatic carbocycles. The maximum absolute atomic E-state index is 12.0. The Bertz CT molecular complexity index is 377. The molecule has 4 N–H and O–H groups in total. The summed E-state index contributed by atoms with van der Waals surface area (Å²) in [6, 6.07) is 9.50. The van der Waals surface area contributed by atoms with Crippen molar-refractivity contribution >= 4 is 5.91 Å². The van der Waals surface area contributed by atoms with Crippen LogP contribution in [0.5, 0.6) is 0 Å². The zero-order valence-electron chi connectivity index (χ0n) is 11.0. The SMILES string of the molecule is CC(C)(CN)C(=O)N[C@@H](CO)Cc1ccccc1. The minimum absolute atomic E-state index is 0.0821. The van der Waals surface area contributed by atoms with E-state index in [0.717, 1.165) is 5.56 Å². The van der Waals surface area contributed by atoms with Crippen molar-refractivity contribution < 1.29 is 9.90 Å². The van der Waals surface area contributed by atoms with Gasteiger partial charge >= 0.3 is 0 Å². The first-order chi connectivity index (χ1) is 8.49. The fraction of sp³-hybridized carbons (Fsp3) is 0.500. The zero-order valence-corrected chi connectivity index (χ0v) is 11.0. The smallest absolute Gasteiger partial charge is 0.227 e. The van der Waals surface area contributed by atoms with E-state index in [1.807, 2.05) is 30.3 Å². The Kier molecular flexibility index (Phi) is 5.31. The molecule has 100 valence electrons. The van der Waals surface area contributed by atoms with Crippen molar-refractivity contribution in [1.29, 1.82) is 0 Å². The van der Waals surface area contributed by atoms with Crippen LogP contribution in [0.4, 0.5) is 0 Å². The van der Waals surface area contributed by atoms with Crippen LogP contribution in [-0.4, -0.2) is 30.2 Å². The van der Waals surface area contributed by atoms with Gasteiger partial charge in [-0.3, -0.25) is 4.79 Å². The standard InChI is InChI=1S/C14H22N2O2/c1-14(2,10-15)13(18)16-12(9-17)8-11-6-4-3-5-7-11/h3-7,12,17H,8-10,15H2,1-2H3,(H,16,18)/t12-/m1/s1. The highest BCUT2D eigenvalue weighted by atomic mass is 16.3. The fourth-order valence-electron chi connectivity index (χ4n) is 1.53. The first-order valence-electron chi connectivity index (χ1n) is 6.15. The second kappa shape index (κ2) is 6.52. The minimum Gasteiger partial charge on any atom is -0.394 e. The number of rotatable bonds is 6. The summed E-state index contributed by atoms with van der Waals surface area (Å²) < 4.78 is 0. The fourth-order valence-corrected chi connectivity index (χ4v) is 1.53. The van der Waals surface area contributed by atoms with Crippen LogP contribution in [0.25, 0.3) is 0 Å². The number of benzene rings is 1. The Hall–Kier alpha value is -1.39. The van der Waals surface area contributed by atoms with Crippen LogP contribution in [0.1, 0.15) is 19.4 Å². The second-order valence-electron chi connectivity index (χ2n) is 5.13. The van der Waals surface area contributed by atoms with Gasteiger partial charge in [-0.1, -0.05) is 30.3 Å². The van der Waals surface area contributed by atoms with Gasteiger partial charge in [-0.15, -0.1) is 0 Å². The molecule has 0 aliphatic heterocycles. The molecule has 0 saturated heterocycles. The lowest BCUT2D eigenvalue weighted by Crippen LogP contribution is -2.48. The molecule has 0 bridgehead atoms. The molecule has 0 aliphatic rings. The molecule has 0 heterocycles. The Morgan fingerprint density at radius 2 is 2.00 bits per heavy atom. The van der Waals surface area contributed by atoms with Gasteiger partial charge < -0.3 is 16.2 Å². The molecule has 0 fully saturated rings. The number of nitrogens with two attached hydrogens (primary N) is 1.